The van der Waals surface area contributed by atoms with Crippen molar-refractivity contribution in [2.75, 3.05) is 52.3 Å². The Morgan fingerprint density at radius 1 is 1.32 bits per heavy atom. The highest BCUT2D eigenvalue weighted by atomic mass is 35.5. The fourth-order valence-electron chi connectivity index (χ4n) is 3.89. The van der Waals surface area contributed by atoms with Crippen molar-refractivity contribution >= 4 is 34.2 Å². The second kappa shape index (κ2) is 9.16. The summed E-state index contributed by atoms with van der Waals surface area (Å²) in [6.07, 6.45) is 0.843. The Labute approximate surface area is 187 Å². The number of ether oxygens (including phenoxy) is 1. The lowest BCUT2D eigenvalue weighted by molar-refractivity contribution is -0.124. The monoisotopic (exact) mass is 441 g/mol. The molecule has 1 atom stereocenters. The predicted molar refractivity (Wildman–Crippen MR) is 125 cm³/mol. The Morgan fingerprint density at radius 2 is 2.16 bits per heavy atom. The molecule has 0 bridgehead atoms. The van der Waals surface area contributed by atoms with Crippen molar-refractivity contribution in [3.05, 3.63) is 41.4 Å². The highest BCUT2D eigenvalue weighted by Gasteiger charge is 2.28. The van der Waals surface area contributed by atoms with E-state index in [0.717, 1.165) is 47.5 Å². The number of halogens is 1. The smallest absolute Gasteiger partial charge is 0.225 e. The van der Waals surface area contributed by atoms with Crippen molar-refractivity contribution in [1.82, 2.24) is 20.2 Å². The van der Waals surface area contributed by atoms with E-state index in [2.05, 4.69) is 20.1 Å². The molecule has 2 aromatic carbocycles. The van der Waals surface area contributed by atoms with E-state index in [1.54, 1.807) is 7.11 Å². The summed E-state index contributed by atoms with van der Waals surface area (Å²) in [6.45, 7) is 3.05. The summed E-state index contributed by atoms with van der Waals surface area (Å²) >= 11 is 6.51. The Kier molecular flexibility index (Phi) is 6.34. The molecule has 0 saturated carbocycles. The number of aromatic nitrogens is 2. The summed E-state index contributed by atoms with van der Waals surface area (Å²) in [5.41, 5.74) is 3.63. The van der Waals surface area contributed by atoms with Crippen LogP contribution in [0, 0.1) is 5.92 Å². The first kappa shape index (κ1) is 21.5. The van der Waals surface area contributed by atoms with Crippen molar-refractivity contribution in [2.24, 2.45) is 5.92 Å². The number of carbonyl (C=O) groups excluding carboxylic acids is 1. The molecule has 0 radical (unpaired) electrons. The number of anilines is 1. The fourth-order valence-corrected chi connectivity index (χ4v) is 4.10. The van der Waals surface area contributed by atoms with Gasteiger partial charge in [-0.05, 0) is 50.8 Å². The van der Waals surface area contributed by atoms with Crippen LogP contribution in [0.4, 0.5) is 5.69 Å². The molecule has 1 aliphatic heterocycles. The average molecular weight is 442 g/mol. The molecule has 0 aliphatic carbocycles. The van der Waals surface area contributed by atoms with Crippen LogP contribution in [0.25, 0.3) is 22.4 Å². The van der Waals surface area contributed by atoms with E-state index in [-0.39, 0.29) is 11.8 Å². The zero-order valence-corrected chi connectivity index (χ0v) is 18.9. The van der Waals surface area contributed by atoms with Crippen LogP contribution in [0.5, 0.6) is 5.75 Å². The molecule has 3 aromatic rings. The minimum atomic E-state index is -0.0000407. The lowest BCUT2D eigenvalue weighted by Gasteiger charge is -2.20. The molecule has 8 heteroatoms. The minimum absolute atomic E-state index is 0.0000407. The van der Waals surface area contributed by atoms with Crippen LogP contribution in [-0.2, 0) is 4.79 Å². The van der Waals surface area contributed by atoms with E-state index in [1.807, 2.05) is 50.5 Å². The van der Waals surface area contributed by atoms with Crippen molar-refractivity contribution < 1.29 is 9.53 Å². The zero-order chi connectivity index (χ0) is 22.0. The number of carbonyl (C=O) groups is 1. The zero-order valence-electron chi connectivity index (χ0n) is 18.1. The highest BCUT2D eigenvalue weighted by molar-refractivity contribution is 6.33. The maximum atomic E-state index is 12.5. The number of aromatic amines is 1. The van der Waals surface area contributed by atoms with Gasteiger partial charge in [0.15, 0.2) is 0 Å². The van der Waals surface area contributed by atoms with Gasteiger partial charge in [0, 0.05) is 43.5 Å². The van der Waals surface area contributed by atoms with Gasteiger partial charge in [0.1, 0.15) is 11.6 Å². The number of methoxy groups -OCH3 is 1. The van der Waals surface area contributed by atoms with Crippen LogP contribution in [-0.4, -0.2) is 68.2 Å². The standard InChI is InChI=1S/C23H28ClN5O2/c1-28(2)11-9-25-23(30)15-8-10-29(14-15)16-4-6-19(24)18(12-16)22-26-20-7-5-17(31-3)13-21(20)27-22/h4-7,12-13,15H,8-11,14H2,1-3H3,(H,25,30)(H,26,27). The molecule has 7 nitrogen and oxygen atoms in total. The molecule has 2 N–H and O–H groups in total. The van der Waals surface area contributed by atoms with Gasteiger partial charge in [-0.25, -0.2) is 4.98 Å². The number of imidazole rings is 1. The Balaban J connectivity index is 1.50. The van der Waals surface area contributed by atoms with E-state index in [9.17, 15) is 4.79 Å². The molecule has 4 rings (SSSR count). The van der Waals surface area contributed by atoms with E-state index < -0.39 is 0 Å². The molecule has 1 amide bonds. The number of rotatable bonds is 7. The predicted octanol–water partition coefficient (Wildman–Crippen LogP) is 3.40. The van der Waals surface area contributed by atoms with Gasteiger partial charge in [0.2, 0.25) is 5.91 Å². The number of hydrogen-bond acceptors (Lipinski definition) is 5. The number of nitrogens with one attached hydrogen (secondary N) is 2. The molecule has 1 unspecified atom stereocenters. The van der Waals surface area contributed by atoms with E-state index in [0.29, 0.717) is 23.9 Å². The first-order chi connectivity index (χ1) is 14.9. The van der Waals surface area contributed by atoms with E-state index in [1.165, 1.54) is 0 Å². The summed E-state index contributed by atoms with van der Waals surface area (Å²) < 4.78 is 5.30. The molecule has 0 spiro atoms. The number of likely N-dealkylation sites (N-methyl/N-ethyl adjacent to an activating group) is 1. The fraction of sp³-hybridized carbons (Fsp3) is 0.391. The van der Waals surface area contributed by atoms with Gasteiger partial charge in [-0.2, -0.15) is 0 Å². The van der Waals surface area contributed by atoms with Crippen LogP contribution in [0.1, 0.15) is 6.42 Å². The van der Waals surface area contributed by atoms with Gasteiger partial charge in [0.05, 0.1) is 29.1 Å². The lowest BCUT2D eigenvalue weighted by atomic mass is 10.1. The van der Waals surface area contributed by atoms with Crippen molar-refractivity contribution in [2.45, 2.75) is 6.42 Å². The van der Waals surface area contributed by atoms with Gasteiger partial charge < -0.3 is 24.8 Å². The maximum absolute atomic E-state index is 12.5. The second-order valence-corrected chi connectivity index (χ2v) is 8.57. The molecule has 1 fully saturated rings. The highest BCUT2D eigenvalue weighted by Crippen LogP contribution is 2.34. The largest absolute Gasteiger partial charge is 0.497 e. The maximum Gasteiger partial charge on any atom is 0.225 e. The van der Waals surface area contributed by atoms with Crippen molar-refractivity contribution in [3.8, 4) is 17.1 Å². The van der Waals surface area contributed by atoms with Crippen LogP contribution in [0.3, 0.4) is 0 Å². The van der Waals surface area contributed by atoms with E-state index in [4.69, 9.17) is 21.3 Å². The molecule has 31 heavy (non-hydrogen) atoms. The summed E-state index contributed by atoms with van der Waals surface area (Å²) in [7, 11) is 5.64. The Morgan fingerprint density at radius 3 is 2.94 bits per heavy atom. The van der Waals surface area contributed by atoms with Gasteiger partial charge in [0.25, 0.3) is 0 Å². The second-order valence-electron chi connectivity index (χ2n) is 8.16. The Hall–Kier alpha value is -2.77. The first-order valence-electron chi connectivity index (χ1n) is 10.5. The van der Waals surface area contributed by atoms with Crippen LogP contribution >= 0.6 is 11.6 Å². The number of amides is 1. The van der Waals surface area contributed by atoms with Crippen LogP contribution in [0.15, 0.2) is 36.4 Å². The number of H-pyrrole nitrogens is 1. The van der Waals surface area contributed by atoms with E-state index >= 15 is 0 Å². The SMILES string of the molecule is COc1ccc2nc(-c3cc(N4CCC(C(=O)NCCN(C)C)C4)ccc3Cl)[nH]c2c1. The molecular formula is C23H28ClN5O2. The molecule has 2 heterocycles. The van der Waals surface area contributed by atoms with Crippen molar-refractivity contribution in [1.29, 1.82) is 0 Å². The normalized spacial score (nSPS) is 16.3. The van der Waals surface area contributed by atoms with Crippen LogP contribution < -0.4 is 15.0 Å². The molecule has 164 valence electrons. The third-order valence-electron chi connectivity index (χ3n) is 5.68. The summed E-state index contributed by atoms with van der Waals surface area (Å²) in [4.78, 5) is 24.8. The van der Waals surface area contributed by atoms with Gasteiger partial charge >= 0.3 is 0 Å². The first-order valence-corrected chi connectivity index (χ1v) is 10.8. The number of nitrogens with zero attached hydrogens (tertiary/aromatic N) is 3. The number of hydrogen-bond donors (Lipinski definition) is 2. The third kappa shape index (κ3) is 4.78. The van der Waals surface area contributed by atoms with Gasteiger partial charge in [-0.15, -0.1) is 0 Å². The molecule has 1 saturated heterocycles. The molecule has 1 aromatic heterocycles. The van der Waals surface area contributed by atoms with Crippen LogP contribution in [0.2, 0.25) is 5.02 Å². The molecular weight excluding hydrogens is 414 g/mol. The number of fused-ring (bicyclic) bond motifs is 1. The summed E-state index contributed by atoms with van der Waals surface area (Å²) in [5.74, 6) is 1.62. The van der Waals surface area contributed by atoms with Gasteiger partial charge in [-0.3, -0.25) is 4.79 Å². The average Bonchev–Trinajstić information content (AvgIpc) is 3.40. The third-order valence-corrected chi connectivity index (χ3v) is 6.01. The summed E-state index contributed by atoms with van der Waals surface area (Å²) in [5, 5.41) is 3.68. The molecule has 1 aliphatic rings. The Bertz CT molecular complexity index is 1080. The number of benzene rings is 2. The quantitative estimate of drug-likeness (QED) is 0.588. The summed E-state index contributed by atoms with van der Waals surface area (Å²) in [6, 6.07) is 11.7. The topological polar surface area (TPSA) is 73.5 Å². The van der Waals surface area contributed by atoms with Gasteiger partial charge in [-0.1, -0.05) is 11.6 Å². The lowest BCUT2D eigenvalue weighted by Crippen LogP contribution is -2.36. The van der Waals surface area contributed by atoms with Crippen molar-refractivity contribution in [3.63, 3.8) is 0 Å². The minimum Gasteiger partial charge on any atom is -0.497 e.